The molecular formula is C12H16ClNO2. The van der Waals surface area contributed by atoms with Gasteiger partial charge in [-0.15, -0.1) is 11.6 Å². The standard InChI is InChI=1S/C12H16ClNO2/c1-8-7-10(3-4-11(8)15)12(16)14-9(2)5-6-13/h3-4,7,9,15H,5-6H2,1-2H3,(H,14,16). The van der Waals surface area contributed by atoms with Crippen molar-refractivity contribution < 1.29 is 9.90 Å². The van der Waals surface area contributed by atoms with Crippen LogP contribution < -0.4 is 5.32 Å². The highest BCUT2D eigenvalue weighted by molar-refractivity contribution is 6.17. The number of phenols is 1. The zero-order valence-electron chi connectivity index (χ0n) is 9.46. The monoisotopic (exact) mass is 241 g/mol. The maximum atomic E-state index is 11.8. The molecule has 88 valence electrons. The van der Waals surface area contributed by atoms with Crippen LogP contribution in [0.25, 0.3) is 0 Å². The maximum Gasteiger partial charge on any atom is 0.251 e. The molecule has 0 spiro atoms. The summed E-state index contributed by atoms with van der Waals surface area (Å²) >= 11 is 5.59. The van der Waals surface area contributed by atoms with Crippen LogP contribution in [-0.4, -0.2) is 22.9 Å². The highest BCUT2D eigenvalue weighted by Crippen LogP contribution is 2.16. The number of hydrogen-bond donors (Lipinski definition) is 2. The van der Waals surface area contributed by atoms with Gasteiger partial charge in [0.1, 0.15) is 5.75 Å². The molecule has 0 heterocycles. The van der Waals surface area contributed by atoms with Crippen molar-refractivity contribution in [2.24, 2.45) is 0 Å². The molecule has 0 fully saturated rings. The van der Waals surface area contributed by atoms with Gasteiger partial charge in [-0.25, -0.2) is 0 Å². The molecule has 0 aliphatic rings. The Morgan fingerprint density at radius 1 is 1.56 bits per heavy atom. The van der Waals surface area contributed by atoms with Crippen LogP contribution in [0.3, 0.4) is 0 Å². The van der Waals surface area contributed by atoms with Gasteiger partial charge in [0.25, 0.3) is 5.91 Å². The second-order valence-corrected chi connectivity index (χ2v) is 4.23. The molecule has 0 saturated heterocycles. The number of nitrogens with one attached hydrogen (secondary N) is 1. The van der Waals surface area contributed by atoms with E-state index in [1.807, 2.05) is 6.92 Å². The van der Waals surface area contributed by atoms with Gasteiger partial charge in [-0.3, -0.25) is 4.79 Å². The lowest BCUT2D eigenvalue weighted by molar-refractivity contribution is 0.0939. The zero-order valence-corrected chi connectivity index (χ0v) is 10.2. The van der Waals surface area contributed by atoms with Gasteiger partial charge >= 0.3 is 0 Å². The quantitative estimate of drug-likeness (QED) is 0.796. The van der Waals surface area contributed by atoms with Crippen molar-refractivity contribution in [3.63, 3.8) is 0 Å². The predicted molar refractivity (Wildman–Crippen MR) is 65.1 cm³/mol. The third kappa shape index (κ3) is 3.42. The van der Waals surface area contributed by atoms with E-state index in [9.17, 15) is 9.90 Å². The Bertz CT molecular complexity index is 379. The van der Waals surface area contributed by atoms with Crippen LogP contribution in [0.5, 0.6) is 5.75 Å². The number of phenolic OH excluding ortho intramolecular Hbond substituents is 1. The number of alkyl halides is 1. The third-order valence-corrected chi connectivity index (χ3v) is 2.60. The summed E-state index contributed by atoms with van der Waals surface area (Å²) in [6.45, 7) is 3.67. The molecule has 0 radical (unpaired) electrons. The Hall–Kier alpha value is -1.22. The van der Waals surface area contributed by atoms with Crippen LogP contribution >= 0.6 is 11.6 Å². The number of rotatable bonds is 4. The zero-order chi connectivity index (χ0) is 12.1. The molecule has 1 aromatic carbocycles. The van der Waals surface area contributed by atoms with Crippen LogP contribution in [0.2, 0.25) is 0 Å². The van der Waals surface area contributed by atoms with E-state index in [0.717, 1.165) is 6.42 Å². The molecule has 1 atom stereocenters. The SMILES string of the molecule is Cc1cc(C(=O)NC(C)CCCl)ccc1O. The van der Waals surface area contributed by atoms with Crippen LogP contribution in [-0.2, 0) is 0 Å². The lowest BCUT2D eigenvalue weighted by Crippen LogP contribution is -2.32. The summed E-state index contributed by atoms with van der Waals surface area (Å²) in [5.74, 6) is 0.585. The molecule has 0 aliphatic carbocycles. The fourth-order valence-corrected chi connectivity index (χ4v) is 1.67. The average Bonchev–Trinajstić information content (AvgIpc) is 2.22. The molecule has 16 heavy (non-hydrogen) atoms. The van der Waals surface area contributed by atoms with Gasteiger partial charge in [0, 0.05) is 17.5 Å². The van der Waals surface area contributed by atoms with Crippen molar-refractivity contribution in [2.45, 2.75) is 26.3 Å². The molecule has 0 aliphatic heterocycles. The van der Waals surface area contributed by atoms with E-state index in [1.165, 1.54) is 6.07 Å². The van der Waals surface area contributed by atoms with Crippen molar-refractivity contribution in [1.29, 1.82) is 0 Å². The minimum Gasteiger partial charge on any atom is -0.508 e. The molecule has 1 amide bonds. The normalized spacial score (nSPS) is 12.2. The van der Waals surface area contributed by atoms with Gasteiger partial charge < -0.3 is 10.4 Å². The fraction of sp³-hybridized carbons (Fsp3) is 0.417. The molecule has 1 rings (SSSR count). The second-order valence-electron chi connectivity index (χ2n) is 3.85. The van der Waals surface area contributed by atoms with Crippen molar-refractivity contribution in [3.05, 3.63) is 29.3 Å². The van der Waals surface area contributed by atoms with Crippen molar-refractivity contribution >= 4 is 17.5 Å². The van der Waals surface area contributed by atoms with Gasteiger partial charge in [0.2, 0.25) is 0 Å². The molecule has 0 bridgehead atoms. The number of aromatic hydroxyl groups is 1. The summed E-state index contributed by atoms with van der Waals surface area (Å²) in [5, 5.41) is 12.2. The first kappa shape index (κ1) is 12.8. The lowest BCUT2D eigenvalue weighted by atomic mass is 10.1. The Balaban J connectivity index is 2.69. The maximum absolute atomic E-state index is 11.8. The van der Waals surface area contributed by atoms with Crippen LogP contribution in [0, 0.1) is 6.92 Å². The van der Waals surface area contributed by atoms with E-state index in [4.69, 9.17) is 11.6 Å². The van der Waals surface area contributed by atoms with Gasteiger partial charge in [0.15, 0.2) is 0 Å². The fourth-order valence-electron chi connectivity index (χ4n) is 1.34. The Kier molecular flexibility index (Phi) is 4.62. The first-order chi connectivity index (χ1) is 7.54. The Morgan fingerprint density at radius 2 is 2.25 bits per heavy atom. The van der Waals surface area contributed by atoms with E-state index in [0.29, 0.717) is 17.0 Å². The minimum atomic E-state index is -0.138. The van der Waals surface area contributed by atoms with E-state index in [-0.39, 0.29) is 17.7 Å². The number of carbonyl (C=O) groups is 1. The van der Waals surface area contributed by atoms with E-state index in [2.05, 4.69) is 5.32 Å². The predicted octanol–water partition coefficient (Wildman–Crippen LogP) is 2.45. The number of benzene rings is 1. The van der Waals surface area contributed by atoms with Crippen LogP contribution in [0.15, 0.2) is 18.2 Å². The van der Waals surface area contributed by atoms with E-state index < -0.39 is 0 Å². The topological polar surface area (TPSA) is 49.3 Å². The van der Waals surface area contributed by atoms with Crippen LogP contribution in [0.1, 0.15) is 29.3 Å². The first-order valence-corrected chi connectivity index (χ1v) is 5.74. The molecule has 1 aromatic rings. The second kappa shape index (κ2) is 5.75. The summed E-state index contributed by atoms with van der Waals surface area (Å²) in [5.41, 5.74) is 1.24. The summed E-state index contributed by atoms with van der Waals surface area (Å²) in [7, 11) is 0. The molecule has 4 heteroatoms. The van der Waals surface area contributed by atoms with Crippen molar-refractivity contribution in [2.75, 3.05) is 5.88 Å². The molecule has 2 N–H and O–H groups in total. The number of halogens is 1. The smallest absolute Gasteiger partial charge is 0.251 e. The molecule has 1 unspecified atom stereocenters. The minimum absolute atomic E-state index is 0.0547. The number of aryl methyl sites for hydroxylation is 1. The molecule has 0 aromatic heterocycles. The van der Waals surface area contributed by atoms with Gasteiger partial charge in [0.05, 0.1) is 0 Å². The number of amides is 1. The Morgan fingerprint density at radius 3 is 2.81 bits per heavy atom. The lowest BCUT2D eigenvalue weighted by Gasteiger charge is -2.12. The summed E-state index contributed by atoms with van der Waals surface area (Å²) in [6.07, 6.45) is 0.740. The third-order valence-electron chi connectivity index (χ3n) is 2.38. The summed E-state index contributed by atoms with van der Waals surface area (Å²) in [6, 6.07) is 4.85. The van der Waals surface area contributed by atoms with E-state index in [1.54, 1.807) is 19.1 Å². The summed E-state index contributed by atoms with van der Waals surface area (Å²) < 4.78 is 0. The number of carbonyl (C=O) groups excluding carboxylic acids is 1. The molecular weight excluding hydrogens is 226 g/mol. The Labute approximate surface area is 100 Å². The molecule has 0 saturated carbocycles. The highest BCUT2D eigenvalue weighted by atomic mass is 35.5. The summed E-state index contributed by atoms with van der Waals surface area (Å²) in [4.78, 5) is 11.8. The van der Waals surface area contributed by atoms with Gasteiger partial charge in [-0.05, 0) is 44.0 Å². The average molecular weight is 242 g/mol. The first-order valence-electron chi connectivity index (χ1n) is 5.21. The highest BCUT2D eigenvalue weighted by Gasteiger charge is 2.10. The van der Waals surface area contributed by atoms with Crippen molar-refractivity contribution in [3.8, 4) is 5.75 Å². The molecule has 3 nitrogen and oxygen atoms in total. The van der Waals surface area contributed by atoms with Crippen LogP contribution in [0.4, 0.5) is 0 Å². The number of hydrogen-bond acceptors (Lipinski definition) is 2. The van der Waals surface area contributed by atoms with Gasteiger partial charge in [-0.2, -0.15) is 0 Å². The van der Waals surface area contributed by atoms with Gasteiger partial charge in [-0.1, -0.05) is 0 Å². The van der Waals surface area contributed by atoms with E-state index >= 15 is 0 Å². The largest absolute Gasteiger partial charge is 0.508 e. The van der Waals surface area contributed by atoms with Crippen molar-refractivity contribution in [1.82, 2.24) is 5.32 Å².